The van der Waals surface area contributed by atoms with E-state index in [1.54, 1.807) is 0 Å². The Morgan fingerprint density at radius 2 is 2.00 bits per heavy atom. The number of carboxylic acid groups (broad SMARTS) is 1. The SMILES string of the molecule is CN(C(=O)C1CNc2ccccc21)C(C)(C)C(=O)O. The fraction of sp³-hybridized carbons (Fsp3) is 0.429. The Bertz CT molecular complexity index is 525. The molecule has 1 aromatic carbocycles. The van der Waals surface area contributed by atoms with Gasteiger partial charge in [0.05, 0.1) is 5.92 Å². The third-order valence-electron chi connectivity index (χ3n) is 3.82. The minimum absolute atomic E-state index is 0.176. The first-order valence-corrected chi connectivity index (χ1v) is 6.19. The molecule has 0 saturated heterocycles. The van der Waals surface area contributed by atoms with Gasteiger partial charge in [-0.05, 0) is 25.5 Å². The van der Waals surface area contributed by atoms with Crippen LogP contribution in [0, 0.1) is 0 Å². The predicted molar refractivity (Wildman–Crippen MR) is 72.2 cm³/mol. The number of rotatable bonds is 3. The van der Waals surface area contributed by atoms with Crippen LogP contribution >= 0.6 is 0 Å². The highest BCUT2D eigenvalue weighted by Crippen LogP contribution is 2.33. The van der Waals surface area contributed by atoms with Crippen LogP contribution in [-0.4, -0.2) is 41.0 Å². The normalized spacial score (nSPS) is 17.5. The molecular weight excluding hydrogens is 244 g/mol. The molecule has 19 heavy (non-hydrogen) atoms. The predicted octanol–water partition coefficient (Wildman–Crippen LogP) is 1.52. The molecule has 1 heterocycles. The highest BCUT2D eigenvalue weighted by molar-refractivity contribution is 5.92. The molecule has 5 nitrogen and oxygen atoms in total. The van der Waals surface area contributed by atoms with Crippen LogP contribution < -0.4 is 5.32 Å². The zero-order chi connectivity index (χ0) is 14.2. The highest BCUT2D eigenvalue weighted by atomic mass is 16.4. The lowest BCUT2D eigenvalue weighted by Gasteiger charge is -2.33. The molecule has 102 valence electrons. The molecule has 0 bridgehead atoms. The monoisotopic (exact) mass is 262 g/mol. The minimum atomic E-state index is -1.21. The van der Waals surface area contributed by atoms with E-state index >= 15 is 0 Å². The largest absolute Gasteiger partial charge is 0.480 e. The number of fused-ring (bicyclic) bond motifs is 1. The van der Waals surface area contributed by atoms with Gasteiger partial charge in [0.1, 0.15) is 5.54 Å². The number of anilines is 1. The number of para-hydroxylation sites is 1. The van der Waals surface area contributed by atoms with E-state index in [1.807, 2.05) is 24.3 Å². The molecule has 1 amide bonds. The summed E-state index contributed by atoms with van der Waals surface area (Å²) in [4.78, 5) is 25.0. The van der Waals surface area contributed by atoms with E-state index in [4.69, 9.17) is 0 Å². The van der Waals surface area contributed by atoms with Gasteiger partial charge >= 0.3 is 5.97 Å². The Balaban J connectivity index is 2.25. The Kier molecular flexibility index (Phi) is 3.22. The molecule has 0 aliphatic carbocycles. The molecule has 5 heteroatoms. The number of aliphatic carboxylic acids is 1. The van der Waals surface area contributed by atoms with Crippen molar-refractivity contribution in [1.29, 1.82) is 0 Å². The van der Waals surface area contributed by atoms with Crippen molar-refractivity contribution in [3.05, 3.63) is 29.8 Å². The van der Waals surface area contributed by atoms with Gasteiger partial charge < -0.3 is 15.3 Å². The number of carbonyl (C=O) groups is 2. The summed E-state index contributed by atoms with van der Waals surface area (Å²) < 4.78 is 0. The van der Waals surface area contributed by atoms with Gasteiger partial charge in [0, 0.05) is 19.3 Å². The summed E-state index contributed by atoms with van der Waals surface area (Å²) in [5, 5.41) is 12.4. The van der Waals surface area contributed by atoms with Crippen molar-refractivity contribution < 1.29 is 14.7 Å². The van der Waals surface area contributed by atoms with Gasteiger partial charge in [-0.3, -0.25) is 4.79 Å². The number of amides is 1. The van der Waals surface area contributed by atoms with Crippen molar-refractivity contribution in [3.8, 4) is 0 Å². The molecule has 0 fully saturated rings. The second-order valence-electron chi connectivity index (χ2n) is 5.28. The van der Waals surface area contributed by atoms with Crippen LogP contribution in [0.1, 0.15) is 25.3 Å². The zero-order valence-corrected chi connectivity index (χ0v) is 11.3. The number of benzene rings is 1. The van der Waals surface area contributed by atoms with Crippen LogP contribution in [0.4, 0.5) is 5.69 Å². The first-order valence-electron chi connectivity index (χ1n) is 6.19. The van der Waals surface area contributed by atoms with E-state index in [0.717, 1.165) is 11.3 Å². The van der Waals surface area contributed by atoms with Gasteiger partial charge in [-0.25, -0.2) is 4.79 Å². The van der Waals surface area contributed by atoms with E-state index in [0.29, 0.717) is 6.54 Å². The van der Waals surface area contributed by atoms with Crippen molar-refractivity contribution in [1.82, 2.24) is 4.90 Å². The van der Waals surface area contributed by atoms with Gasteiger partial charge in [0.2, 0.25) is 5.91 Å². The number of hydrogen-bond acceptors (Lipinski definition) is 3. The summed E-state index contributed by atoms with van der Waals surface area (Å²) in [7, 11) is 1.54. The van der Waals surface area contributed by atoms with E-state index in [2.05, 4.69) is 5.32 Å². The first kappa shape index (κ1) is 13.4. The van der Waals surface area contributed by atoms with Gasteiger partial charge in [-0.15, -0.1) is 0 Å². The molecule has 0 saturated carbocycles. The number of carbonyl (C=O) groups excluding carboxylic acids is 1. The van der Waals surface area contributed by atoms with E-state index < -0.39 is 11.5 Å². The van der Waals surface area contributed by atoms with Crippen LogP contribution in [0.15, 0.2) is 24.3 Å². The fourth-order valence-electron chi connectivity index (χ4n) is 2.16. The molecule has 2 rings (SSSR count). The molecule has 2 N–H and O–H groups in total. The lowest BCUT2D eigenvalue weighted by Crippen LogP contribution is -2.52. The summed E-state index contributed by atoms with van der Waals surface area (Å²) in [6, 6.07) is 7.61. The topological polar surface area (TPSA) is 69.6 Å². The van der Waals surface area contributed by atoms with E-state index in [-0.39, 0.29) is 11.8 Å². The Hall–Kier alpha value is -2.04. The molecule has 1 atom stereocenters. The summed E-state index contributed by atoms with van der Waals surface area (Å²) in [6.45, 7) is 3.57. The molecule has 1 aliphatic heterocycles. The average molecular weight is 262 g/mol. The van der Waals surface area contributed by atoms with Gasteiger partial charge in [-0.2, -0.15) is 0 Å². The highest BCUT2D eigenvalue weighted by Gasteiger charge is 2.39. The quantitative estimate of drug-likeness (QED) is 0.866. The first-order chi connectivity index (χ1) is 8.85. The molecular formula is C14H18N2O3. The maximum absolute atomic E-state index is 12.5. The Morgan fingerprint density at radius 1 is 1.37 bits per heavy atom. The van der Waals surface area contributed by atoms with Crippen LogP contribution in [0.25, 0.3) is 0 Å². The molecule has 0 spiro atoms. The molecule has 1 unspecified atom stereocenters. The van der Waals surface area contributed by atoms with Crippen molar-refractivity contribution in [2.24, 2.45) is 0 Å². The summed E-state index contributed by atoms with van der Waals surface area (Å²) in [6.07, 6.45) is 0. The molecule has 0 aromatic heterocycles. The summed E-state index contributed by atoms with van der Waals surface area (Å²) >= 11 is 0. The Morgan fingerprint density at radius 3 is 2.63 bits per heavy atom. The lowest BCUT2D eigenvalue weighted by molar-refractivity contribution is -0.155. The molecule has 1 aliphatic rings. The second-order valence-corrected chi connectivity index (χ2v) is 5.28. The fourth-order valence-corrected chi connectivity index (χ4v) is 2.16. The van der Waals surface area contributed by atoms with Gasteiger partial charge in [0.25, 0.3) is 0 Å². The molecule has 1 aromatic rings. The van der Waals surface area contributed by atoms with Gasteiger partial charge in [0.15, 0.2) is 0 Å². The third-order valence-corrected chi connectivity index (χ3v) is 3.82. The minimum Gasteiger partial charge on any atom is -0.480 e. The maximum Gasteiger partial charge on any atom is 0.329 e. The van der Waals surface area contributed by atoms with Crippen LogP contribution in [0.2, 0.25) is 0 Å². The standard InChI is InChI=1S/C14H18N2O3/c1-14(2,13(18)19)16(3)12(17)10-8-15-11-7-5-4-6-9(10)11/h4-7,10,15H,8H2,1-3H3,(H,18,19). The number of nitrogens with zero attached hydrogens (tertiary/aromatic N) is 1. The van der Waals surface area contributed by atoms with Crippen LogP contribution in [0.5, 0.6) is 0 Å². The Labute approximate surface area is 112 Å². The summed E-state index contributed by atoms with van der Waals surface area (Å²) in [5.41, 5.74) is 0.664. The van der Waals surface area contributed by atoms with Crippen molar-refractivity contribution in [2.45, 2.75) is 25.3 Å². The summed E-state index contributed by atoms with van der Waals surface area (Å²) in [5.74, 6) is -1.51. The third kappa shape index (κ3) is 2.16. The van der Waals surface area contributed by atoms with Crippen molar-refractivity contribution in [3.63, 3.8) is 0 Å². The average Bonchev–Trinajstić information content (AvgIpc) is 2.80. The molecule has 0 radical (unpaired) electrons. The number of carboxylic acids is 1. The van der Waals surface area contributed by atoms with Crippen molar-refractivity contribution >= 4 is 17.6 Å². The van der Waals surface area contributed by atoms with Crippen LogP contribution in [0.3, 0.4) is 0 Å². The van der Waals surface area contributed by atoms with Crippen LogP contribution in [-0.2, 0) is 9.59 Å². The van der Waals surface area contributed by atoms with E-state index in [1.165, 1.54) is 25.8 Å². The van der Waals surface area contributed by atoms with Crippen molar-refractivity contribution in [2.75, 3.05) is 18.9 Å². The number of hydrogen-bond donors (Lipinski definition) is 2. The maximum atomic E-state index is 12.5. The smallest absolute Gasteiger partial charge is 0.329 e. The number of nitrogens with one attached hydrogen (secondary N) is 1. The van der Waals surface area contributed by atoms with Gasteiger partial charge in [-0.1, -0.05) is 18.2 Å². The van der Waals surface area contributed by atoms with E-state index in [9.17, 15) is 14.7 Å². The zero-order valence-electron chi connectivity index (χ0n) is 11.3. The lowest BCUT2D eigenvalue weighted by atomic mass is 9.96. The number of likely N-dealkylation sites (N-methyl/N-ethyl adjacent to an activating group) is 1. The second kappa shape index (κ2) is 4.57.